The van der Waals surface area contributed by atoms with E-state index < -0.39 is 17.7 Å². The molecule has 2 aliphatic rings. The third kappa shape index (κ3) is 4.39. The van der Waals surface area contributed by atoms with Crippen LogP contribution in [0.1, 0.15) is 38.5 Å². The summed E-state index contributed by atoms with van der Waals surface area (Å²) in [6.45, 7) is -0.289. The summed E-state index contributed by atoms with van der Waals surface area (Å²) < 4.78 is 18.9. The maximum Gasteiger partial charge on any atom is 0.311 e. The maximum atomic E-state index is 13.9. The fourth-order valence-corrected chi connectivity index (χ4v) is 3.54. The van der Waals surface area contributed by atoms with Crippen LogP contribution in [0.15, 0.2) is 24.3 Å². The number of halogens is 1. The Kier molecular flexibility index (Phi) is 5.85. The van der Waals surface area contributed by atoms with Crippen molar-refractivity contribution in [1.29, 1.82) is 0 Å². The number of para-hydroxylation sites is 1. The van der Waals surface area contributed by atoms with Crippen LogP contribution >= 0.6 is 0 Å². The van der Waals surface area contributed by atoms with E-state index >= 15 is 0 Å². The Morgan fingerprint density at radius 2 is 1.92 bits per heavy atom. The van der Waals surface area contributed by atoms with Crippen molar-refractivity contribution in [3.63, 3.8) is 0 Å². The highest BCUT2D eigenvalue weighted by atomic mass is 19.1. The first-order valence-electron chi connectivity index (χ1n) is 9.05. The Labute approximate surface area is 151 Å². The summed E-state index contributed by atoms with van der Waals surface area (Å²) in [5.74, 6) is -2.45. The molecule has 140 valence electrons. The fraction of sp³-hybridized carbons (Fsp3) is 0.526. The second-order valence-electron chi connectivity index (χ2n) is 6.87. The molecule has 3 rings (SSSR count). The van der Waals surface area contributed by atoms with Crippen LogP contribution in [0.4, 0.5) is 10.1 Å². The summed E-state index contributed by atoms with van der Waals surface area (Å²) in [4.78, 5) is 37.5. The zero-order chi connectivity index (χ0) is 18.5. The molecule has 1 N–H and O–H groups in total. The molecule has 1 aromatic rings. The molecule has 0 radical (unpaired) electrons. The van der Waals surface area contributed by atoms with Crippen molar-refractivity contribution < 1.29 is 23.5 Å². The molecule has 7 heteroatoms. The second-order valence-corrected chi connectivity index (χ2v) is 6.87. The van der Waals surface area contributed by atoms with Gasteiger partial charge in [0.15, 0.2) is 6.61 Å². The molecule has 0 aromatic heterocycles. The smallest absolute Gasteiger partial charge is 0.311 e. The Balaban J connectivity index is 1.48. The first-order valence-corrected chi connectivity index (χ1v) is 9.05. The molecule has 1 aromatic carbocycles. The summed E-state index contributed by atoms with van der Waals surface area (Å²) in [7, 11) is 0. The van der Waals surface area contributed by atoms with Gasteiger partial charge in [0.2, 0.25) is 5.91 Å². The predicted octanol–water partition coefficient (Wildman–Crippen LogP) is 2.17. The van der Waals surface area contributed by atoms with E-state index in [9.17, 15) is 18.8 Å². The third-order valence-electron chi connectivity index (χ3n) is 4.92. The fourth-order valence-electron chi connectivity index (χ4n) is 3.54. The third-order valence-corrected chi connectivity index (χ3v) is 4.92. The molecule has 6 nitrogen and oxygen atoms in total. The molecule has 2 fully saturated rings. The molecule has 0 spiro atoms. The molecule has 1 atom stereocenters. The van der Waals surface area contributed by atoms with Gasteiger partial charge in [-0.15, -0.1) is 0 Å². The molecule has 26 heavy (non-hydrogen) atoms. The number of nitrogens with one attached hydrogen (secondary N) is 1. The van der Waals surface area contributed by atoms with Crippen molar-refractivity contribution in [2.45, 2.75) is 44.6 Å². The molecule has 0 bridgehead atoms. The standard InChI is InChI=1S/C19H23FN2O4/c20-15-8-4-5-9-16(15)22-11-13(10-18(22)24)19(25)26-12-17(23)21-14-6-2-1-3-7-14/h4-5,8-9,13-14H,1-3,6-7,10-12H2,(H,21,23)/t13-/m0/s1. The maximum absolute atomic E-state index is 13.9. The van der Waals surface area contributed by atoms with Gasteiger partial charge in [0.25, 0.3) is 5.91 Å². The SMILES string of the molecule is O=C(COC(=O)[C@H]1CC(=O)N(c2ccccc2F)C1)NC1CCCCC1. The Hall–Kier alpha value is -2.44. The van der Waals surface area contributed by atoms with Crippen molar-refractivity contribution >= 4 is 23.5 Å². The van der Waals surface area contributed by atoms with Gasteiger partial charge >= 0.3 is 5.97 Å². The van der Waals surface area contributed by atoms with E-state index in [-0.39, 0.29) is 43.1 Å². The zero-order valence-electron chi connectivity index (χ0n) is 14.6. The number of ether oxygens (including phenoxy) is 1. The highest BCUT2D eigenvalue weighted by Crippen LogP contribution is 2.27. The molecule has 1 saturated heterocycles. The number of carbonyl (C=O) groups is 3. The first-order chi connectivity index (χ1) is 12.5. The molecule has 1 saturated carbocycles. The lowest BCUT2D eigenvalue weighted by Gasteiger charge is -2.22. The van der Waals surface area contributed by atoms with Crippen molar-refractivity contribution in [1.82, 2.24) is 5.32 Å². The molecule has 1 aliphatic heterocycles. The van der Waals surface area contributed by atoms with Crippen LogP contribution in [-0.2, 0) is 19.1 Å². The minimum absolute atomic E-state index is 0.0442. The van der Waals surface area contributed by atoms with Gasteiger partial charge in [-0.3, -0.25) is 14.4 Å². The number of esters is 1. The number of anilines is 1. The number of carbonyl (C=O) groups excluding carboxylic acids is 3. The largest absolute Gasteiger partial charge is 0.455 e. The lowest BCUT2D eigenvalue weighted by atomic mass is 9.95. The van der Waals surface area contributed by atoms with Crippen LogP contribution < -0.4 is 10.2 Å². The number of rotatable bonds is 5. The molecule has 1 aliphatic carbocycles. The quantitative estimate of drug-likeness (QED) is 0.815. The average Bonchev–Trinajstić information content (AvgIpc) is 3.02. The van der Waals surface area contributed by atoms with E-state index in [1.165, 1.54) is 29.5 Å². The van der Waals surface area contributed by atoms with Gasteiger partial charge in [-0.1, -0.05) is 31.4 Å². The van der Waals surface area contributed by atoms with Gasteiger partial charge in [-0.25, -0.2) is 4.39 Å². The van der Waals surface area contributed by atoms with Gasteiger partial charge < -0.3 is 15.0 Å². The van der Waals surface area contributed by atoms with E-state index in [1.54, 1.807) is 6.07 Å². The van der Waals surface area contributed by atoms with Crippen LogP contribution in [-0.4, -0.2) is 37.0 Å². The van der Waals surface area contributed by atoms with Crippen molar-refractivity contribution in [2.75, 3.05) is 18.1 Å². The van der Waals surface area contributed by atoms with Gasteiger partial charge in [0.05, 0.1) is 11.6 Å². The Morgan fingerprint density at radius 1 is 1.19 bits per heavy atom. The summed E-state index contributed by atoms with van der Waals surface area (Å²) in [6, 6.07) is 6.09. The van der Waals surface area contributed by atoms with Crippen molar-refractivity contribution in [3.05, 3.63) is 30.1 Å². The predicted molar refractivity (Wildman–Crippen MR) is 92.8 cm³/mol. The minimum Gasteiger partial charge on any atom is -0.455 e. The van der Waals surface area contributed by atoms with E-state index in [1.807, 2.05) is 0 Å². The van der Waals surface area contributed by atoms with E-state index in [2.05, 4.69) is 5.32 Å². The van der Waals surface area contributed by atoms with Crippen molar-refractivity contribution in [3.8, 4) is 0 Å². The molecule has 0 unspecified atom stereocenters. The lowest BCUT2D eigenvalue weighted by molar-refractivity contribution is -0.152. The van der Waals surface area contributed by atoms with E-state index in [0.717, 1.165) is 25.7 Å². The van der Waals surface area contributed by atoms with Crippen LogP contribution in [0.5, 0.6) is 0 Å². The van der Waals surface area contributed by atoms with Crippen LogP contribution in [0.3, 0.4) is 0 Å². The molecule has 2 amide bonds. The van der Waals surface area contributed by atoms with Crippen LogP contribution in [0, 0.1) is 11.7 Å². The average molecular weight is 362 g/mol. The lowest BCUT2D eigenvalue weighted by Crippen LogP contribution is -2.39. The van der Waals surface area contributed by atoms with Gasteiger partial charge in [-0.05, 0) is 25.0 Å². The molecular formula is C19H23FN2O4. The van der Waals surface area contributed by atoms with E-state index in [4.69, 9.17) is 4.74 Å². The summed E-state index contributed by atoms with van der Waals surface area (Å²) in [5.41, 5.74) is 0.155. The second kappa shape index (κ2) is 8.29. The van der Waals surface area contributed by atoms with Gasteiger partial charge in [-0.2, -0.15) is 0 Å². The summed E-state index contributed by atoms with van der Waals surface area (Å²) >= 11 is 0. The zero-order valence-corrected chi connectivity index (χ0v) is 14.6. The molecular weight excluding hydrogens is 339 g/mol. The first kappa shape index (κ1) is 18.4. The van der Waals surface area contributed by atoms with Crippen LogP contribution in [0.25, 0.3) is 0 Å². The Bertz CT molecular complexity index is 688. The van der Waals surface area contributed by atoms with Gasteiger partial charge in [0, 0.05) is 19.0 Å². The number of hydrogen-bond donors (Lipinski definition) is 1. The van der Waals surface area contributed by atoms with Crippen LogP contribution in [0.2, 0.25) is 0 Å². The normalized spacial score (nSPS) is 20.9. The van der Waals surface area contributed by atoms with E-state index in [0.29, 0.717) is 0 Å². The van der Waals surface area contributed by atoms with Crippen molar-refractivity contribution in [2.24, 2.45) is 5.92 Å². The molecule has 1 heterocycles. The topological polar surface area (TPSA) is 75.7 Å². The number of hydrogen-bond acceptors (Lipinski definition) is 4. The summed E-state index contributed by atoms with van der Waals surface area (Å²) in [5, 5.41) is 2.87. The minimum atomic E-state index is -0.690. The van der Waals surface area contributed by atoms with Gasteiger partial charge in [0.1, 0.15) is 5.82 Å². The number of nitrogens with zero attached hydrogens (tertiary/aromatic N) is 1. The number of benzene rings is 1. The highest BCUT2D eigenvalue weighted by molar-refractivity contribution is 5.99. The monoisotopic (exact) mass is 362 g/mol. The summed E-state index contributed by atoms with van der Waals surface area (Å²) in [6.07, 6.45) is 5.25. The Morgan fingerprint density at radius 3 is 2.65 bits per heavy atom. The number of amides is 2. The highest BCUT2D eigenvalue weighted by Gasteiger charge is 2.37.